The average molecular weight is 373 g/mol. The second-order valence-electron chi connectivity index (χ2n) is 8.13. The number of nitrogens with zero attached hydrogens (tertiary/aromatic N) is 2. The minimum Gasteiger partial charge on any atom is -0.379 e. The summed E-state index contributed by atoms with van der Waals surface area (Å²) in [6.07, 6.45) is 1.68. The molecule has 0 aliphatic carbocycles. The standard InChI is InChI=1S/C21H31N3O3/c1-16(2)18-6-4-17(5-7-18)14-24-11-3-9-21(27,20(24)26)15-23-12-8-19(25)22-10-13-23/h4-7,16,27H,3,8-15H2,1-2H3,(H,22,25). The van der Waals surface area contributed by atoms with Crippen molar-refractivity contribution in [1.29, 1.82) is 0 Å². The van der Waals surface area contributed by atoms with Gasteiger partial charge in [-0.2, -0.15) is 0 Å². The summed E-state index contributed by atoms with van der Waals surface area (Å²) in [5.41, 5.74) is 1.01. The van der Waals surface area contributed by atoms with Gasteiger partial charge in [0.15, 0.2) is 5.60 Å². The number of piperidine rings is 1. The summed E-state index contributed by atoms with van der Waals surface area (Å²) in [4.78, 5) is 28.3. The monoisotopic (exact) mass is 373 g/mol. The largest absolute Gasteiger partial charge is 0.379 e. The molecular formula is C21H31N3O3. The van der Waals surface area contributed by atoms with E-state index in [1.807, 2.05) is 4.90 Å². The Kier molecular flexibility index (Phi) is 6.17. The summed E-state index contributed by atoms with van der Waals surface area (Å²) in [6.45, 7) is 7.63. The summed E-state index contributed by atoms with van der Waals surface area (Å²) in [6, 6.07) is 8.37. The highest BCUT2D eigenvalue weighted by molar-refractivity contribution is 5.86. The van der Waals surface area contributed by atoms with E-state index in [4.69, 9.17) is 0 Å². The highest BCUT2D eigenvalue weighted by Gasteiger charge is 2.43. The van der Waals surface area contributed by atoms with E-state index in [9.17, 15) is 14.7 Å². The van der Waals surface area contributed by atoms with Gasteiger partial charge in [-0.3, -0.25) is 14.5 Å². The Hall–Kier alpha value is -1.92. The van der Waals surface area contributed by atoms with Gasteiger partial charge in [0.1, 0.15) is 0 Å². The van der Waals surface area contributed by atoms with Crippen molar-refractivity contribution in [1.82, 2.24) is 15.1 Å². The molecule has 2 fully saturated rings. The lowest BCUT2D eigenvalue weighted by molar-refractivity contribution is -0.160. The number of hydrogen-bond acceptors (Lipinski definition) is 4. The van der Waals surface area contributed by atoms with Gasteiger partial charge in [-0.15, -0.1) is 0 Å². The number of nitrogens with one attached hydrogen (secondary N) is 1. The topological polar surface area (TPSA) is 72.9 Å². The van der Waals surface area contributed by atoms with E-state index in [2.05, 4.69) is 43.4 Å². The van der Waals surface area contributed by atoms with E-state index < -0.39 is 5.60 Å². The highest BCUT2D eigenvalue weighted by atomic mass is 16.3. The minimum absolute atomic E-state index is 0.0333. The smallest absolute Gasteiger partial charge is 0.256 e. The molecule has 0 bridgehead atoms. The quantitative estimate of drug-likeness (QED) is 0.820. The van der Waals surface area contributed by atoms with Gasteiger partial charge in [0.25, 0.3) is 5.91 Å². The molecular weight excluding hydrogens is 342 g/mol. The summed E-state index contributed by atoms with van der Waals surface area (Å²) < 4.78 is 0. The zero-order chi connectivity index (χ0) is 19.4. The van der Waals surface area contributed by atoms with Crippen LogP contribution in [0, 0.1) is 0 Å². The van der Waals surface area contributed by atoms with Crippen molar-refractivity contribution < 1.29 is 14.7 Å². The predicted molar refractivity (Wildman–Crippen MR) is 104 cm³/mol. The Labute approximate surface area is 161 Å². The van der Waals surface area contributed by atoms with Gasteiger partial charge in [-0.1, -0.05) is 38.1 Å². The highest BCUT2D eigenvalue weighted by Crippen LogP contribution is 2.26. The average Bonchev–Trinajstić information content (AvgIpc) is 2.84. The van der Waals surface area contributed by atoms with Crippen LogP contribution >= 0.6 is 0 Å². The molecule has 148 valence electrons. The molecule has 2 amide bonds. The van der Waals surface area contributed by atoms with Crippen LogP contribution in [0.15, 0.2) is 24.3 Å². The van der Waals surface area contributed by atoms with Gasteiger partial charge >= 0.3 is 0 Å². The fourth-order valence-electron chi connectivity index (χ4n) is 3.93. The molecule has 3 rings (SSSR count). The first-order valence-corrected chi connectivity index (χ1v) is 9.97. The maximum atomic E-state index is 13.0. The lowest BCUT2D eigenvalue weighted by Crippen LogP contribution is -2.58. The molecule has 0 saturated carbocycles. The number of carbonyl (C=O) groups excluding carboxylic acids is 2. The van der Waals surface area contributed by atoms with Crippen LogP contribution in [0.25, 0.3) is 0 Å². The number of amides is 2. The molecule has 2 aliphatic rings. The zero-order valence-electron chi connectivity index (χ0n) is 16.4. The molecule has 1 unspecified atom stereocenters. The predicted octanol–water partition coefficient (Wildman–Crippen LogP) is 1.49. The number of benzene rings is 1. The van der Waals surface area contributed by atoms with E-state index in [-0.39, 0.29) is 11.8 Å². The second-order valence-corrected chi connectivity index (χ2v) is 8.13. The molecule has 6 nitrogen and oxygen atoms in total. The van der Waals surface area contributed by atoms with Crippen LogP contribution in [0.3, 0.4) is 0 Å². The van der Waals surface area contributed by atoms with Crippen LogP contribution in [-0.2, 0) is 16.1 Å². The van der Waals surface area contributed by atoms with Gasteiger partial charge in [0.05, 0.1) is 0 Å². The van der Waals surface area contributed by atoms with Crippen LogP contribution in [0.4, 0.5) is 0 Å². The number of aliphatic hydroxyl groups is 1. The molecule has 6 heteroatoms. The van der Waals surface area contributed by atoms with Gasteiger partial charge < -0.3 is 15.3 Å². The molecule has 0 radical (unpaired) electrons. The SMILES string of the molecule is CC(C)c1ccc(CN2CCCC(O)(CN3CCNC(=O)CC3)C2=O)cc1. The van der Waals surface area contributed by atoms with Gasteiger partial charge in [0.2, 0.25) is 5.91 Å². The molecule has 1 aromatic carbocycles. The normalized spacial score (nSPS) is 24.8. The lowest BCUT2D eigenvalue weighted by Gasteiger charge is -2.40. The third-order valence-electron chi connectivity index (χ3n) is 5.61. The molecule has 0 spiro atoms. The minimum atomic E-state index is -1.36. The maximum Gasteiger partial charge on any atom is 0.256 e. The second kappa shape index (κ2) is 8.40. The Morgan fingerprint density at radius 1 is 1.15 bits per heavy atom. The fourth-order valence-corrected chi connectivity index (χ4v) is 3.93. The first-order chi connectivity index (χ1) is 12.9. The molecule has 2 saturated heterocycles. The van der Waals surface area contributed by atoms with E-state index in [1.54, 1.807) is 4.90 Å². The molecule has 2 N–H and O–H groups in total. The number of rotatable bonds is 5. The summed E-state index contributed by atoms with van der Waals surface area (Å²) >= 11 is 0. The third kappa shape index (κ3) is 4.87. The molecule has 2 heterocycles. The number of likely N-dealkylation sites (tertiary alicyclic amines) is 1. The van der Waals surface area contributed by atoms with E-state index in [0.717, 1.165) is 12.0 Å². The van der Waals surface area contributed by atoms with E-state index in [0.29, 0.717) is 58.0 Å². The molecule has 2 aliphatic heterocycles. The van der Waals surface area contributed by atoms with Crippen molar-refractivity contribution in [2.45, 2.75) is 51.2 Å². The maximum absolute atomic E-state index is 13.0. The van der Waals surface area contributed by atoms with Crippen LogP contribution in [0.1, 0.15) is 50.2 Å². The van der Waals surface area contributed by atoms with Gasteiger partial charge in [0, 0.05) is 45.7 Å². The molecule has 0 aromatic heterocycles. The van der Waals surface area contributed by atoms with Crippen LogP contribution < -0.4 is 5.32 Å². The van der Waals surface area contributed by atoms with Crippen LogP contribution in [-0.4, -0.2) is 65.0 Å². The Morgan fingerprint density at radius 3 is 2.59 bits per heavy atom. The van der Waals surface area contributed by atoms with Crippen molar-refractivity contribution in [3.05, 3.63) is 35.4 Å². The summed E-state index contributed by atoms with van der Waals surface area (Å²) in [7, 11) is 0. The first-order valence-electron chi connectivity index (χ1n) is 9.97. The number of carbonyl (C=O) groups is 2. The third-order valence-corrected chi connectivity index (χ3v) is 5.61. The fraction of sp³-hybridized carbons (Fsp3) is 0.619. The zero-order valence-corrected chi connectivity index (χ0v) is 16.4. The lowest BCUT2D eigenvalue weighted by atomic mass is 9.90. The van der Waals surface area contributed by atoms with Gasteiger partial charge in [-0.05, 0) is 29.9 Å². The van der Waals surface area contributed by atoms with Crippen LogP contribution in [0.2, 0.25) is 0 Å². The van der Waals surface area contributed by atoms with Crippen molar-refractivity contribution in [2.24, 2.45) is 0 Å². The van der Waals surface area contributed by atoms with Gasteiger partial charge in [-0.25, -0.2) is 0 Å². The molecule has 27 heavy (non-hydrogen) atoms. The summed E-state index contributed by atoms with van der Waals surface area (Å²) in [5.74, 6) is 0.326. The molecule has 1 atom stereocenters. The Bertz CT molecular complexity index is 674. The van der Waals surface area contributed by atoms with E-state index in [1.165, 1.54) is 5.56 Å². The van der Waals surface area contributed by atoms with Crippen molar-refractivity contribution in [3.8, 4) is 0 Å². The number of β-amino-alcohol motifs (C(OH)–C–C–N with tert-alkyl or cyclic N) is 1. The van der Waals surface area contributed by atoms with Crippen molar-refractivity contribution in [2.75, 3.05) is 32.7 Å². The Morgan fingerprint density at radius 2 is 1.89 bits per heavy atom. The first kappa shape index (κ1) is 19.8. The van der Waals surface area contributed by atoms with Crippen molar-refractivity contribution >= 4 is 11.8 Å². The van der Waals surface area contributed by atoms with Crippen LogP contribution in [0.5, 0.6) is 0 Å². The van der Waals surface area contributed by atoms with Crippen molar-refractivity contribution in [3.63, 3.8) is 0 Å². The number of hydrogen-bond donors (Lipinski definition) is 2. The summed E-state index contributed by atoms with van der Waals surface area (Å²) in [5, 5.41) is 13.9. The molecule has 1 aromatic rings. The Balaban J connectivity index is 1.64. The van der Waals surface area contributed by atoms with E-state index >= 15 is 0 Å².